The van der Waals surface area contributed by atoms with Crippen LogP contribution < -0.4 is 24.0 Å². The Labute approximate surface area is 168 Å². The van der Waals surface area contributed by atoms with Gasteiger partial charge in [-0.25, -0.2) is 0 Å². The molecule has 0 aliphatic heterocycles. The molecule has 2 rings (SSSR count). The molecule has 25 heavy (non-hydrogen) atoms. The van der Waals surface area contributed by atoms with Crippen LogP contribution in [0.25, 0.3) is 11.1 Å². The zero-order valence-electron chi connectivity index (χ0n) is 16.0. The van der Waals surface area contributed by atoms with Crippen LogP contribution >= 0.6 is 0 Å². The minimum absolute atomic E-state index is 0. The highest BCUT2D eigenvalue weighted by Crippen LogP contribution is 2.31. The molecule has 5 heteroatoms. The number of phenols is 2. The van der Waals surface area contributed by atoms with Gasteiger partial charge in [0.2, 0.25) is 0 Å². The Hall–Kier alpha value is -1.31. The molecule has 4 nitrogen and oxygen atoms in total. The van der Waals surface area contributed by atoms with Gasteiger partial charge in [-0.3, -0.25) is 0 Å². The first-order valence-electron chi connectivity index (χ1n) is 8.20. The summed E-state index contributed by atoms with van der Waals surface area (Å²) in [6.07, 6.45) is 0. The fourth-order valence-corrected chi connectivity index (χ4v) is 2.81. The molecule has 0 bridgehead atoms. The van der Waals surface area contributed by atoms with Crippen LogP contribution in [0, 0.1) is 0 Å². The molecule has 0 aliphatic rings. The summed E-state index contributed by atoms with van der Waals surface area (Å²) in [4.78, 5) is 0. The number of aromatic hydroxyl groups is 2. The topological polar surface area (TPSA) is 40.5 Å². The third-order valence-corrected chi connectivity index (χ3v) is 3.78. The number of rotatable bonds is 5. The summed E-state index contributed by atoms with van der Waals surface area (Å²) >= 11 is 0. The average molecular weight is 457 g/mol. The van der Waals surface area contributed by atoms with E-state index in [0.29, 0.717) is 11.5 Å². The lowest BCUT2D eigenvalue weighted by molar-refractivity contribution is -0.884. The molecule has 0 fully saturated rings. The molecule has 2 aromatic rings. The molecule has 2 aromatic carbocycles. The second-order valence-electron chi connectivity index (χ2n) is 8.58. The number of benzene rings is 2. The number of nitrogens with zero attached hydrogens (tertiary/aromatic N) is 2. The Morgan fingerprint density at radius 3 is 1.24 bits per heavy atom. The van der Waals surface area contributed by atoms with Crippen molar-refractivity contribution >= 4 is 0 Å². The standard InChI is InChI=1S/C20H28N2O2.HI/c1-21(2,3)13-17-11-15(7-9-19(17)23)16-8-10-20(24)18(12-16)14-22(4,5)6;/h7-12H,13-14H2,1-6H3;1H/p+1. The van der Waals surface area contributed by atoms with Gasteiger partial charge in [-0.1, -0.05) is 12.1 Å². The molecule has 0 atom stereocenters. The van der Waals surface area contributed by atoms with E-state index in [1.54, 1.807) is 12.1 Å². The van der Waals surface area contributed by atoms with Gasteiger partial charge in [0.25, 0.3) is 0 Å². The molecule has 0 radical (unpaired) electrons. The minimum atomic E-state index is 0. The van der Waals surface area contributed by atoms with Crippen LogP contribution in [-0.4, -0.2) is 61.5 Å². The number of hydrogen-bond acceptors (Lipinski definition) is 2. The van der Waals surface area contributed by atoms with E-state index in [1.165, 1.54) is 0 Å². The van der Waals surface area contributed by atoms with Gasteiger partial charge >= 0.3 is 0 Å². The maximum Gasteiger partial charge on any atom is 0.124 e. The highest BCUT2D eigenvalue weighted by Gasteiger charge is 2.16. The van der Waals surface area contributed by atoms with Gasteiger partial charge in [0.15, 0.2) is 0 Å². The third-order valence-electron chi connectivity index (χ3n) is 3.78. The highest BCUT2D eigenvalue weighted by molar-refractivity contribution is 5.67. The first-order chi connectivity index (χ1) is 10.9. The van der Waals surface area contributed by atoms with Gasteiger partial charge in [0.1, 0.15) is 24.6 Å². The normalized spacial score (nSPS) is 11.9. The fourth-order valence-electron chi connectivity index (χ4n) is 2.81. The highest BCUT2D eigenvalue weighted by atomic mass is 127. The molecule has 138 valence electrons. The van der Waals surface area contributed by atoms with Crippen molar-refractivity contribution in [2.24, 2.45) is 0 Å². The predicted molar refractivity (Wildman–Crippen MR) is 98.7 cm³/mol. The Morgan fingerprint density at radius 1 is 0.640 bits per heavy atom. The monoisotopic (exact) mass is 457 g/mol. The maximum atomic E-state index is 10.1. The Kier molecular flexibility index (Phi) is 6.89. The molecule has 0 heterocycles. The summed E-state index contributed by atoms with van der Waals surface area (Å²) in [5.74, 6) is 0.661. The lowest BCUT2D eigenvalue weighted by atomic mass is 9.99. The smallest absolute Gasteiger partial charge is 0.124 e. The summed E-state index contributed by atoms with van der Waals surface area (Å²) < 4.78 is 1.50. The van der Waals surface area contributed by atoms with Gasteiger partial charge in [0.05, 0.1) is 42.3 Å². The summed E-state index contributed by atoms with van der Waals surface area (Å²) in [5.41, 5.74) is 3.97. The van der Waals surface area contributed by atoms with Gasteiger partial charge in [-0.2, -0.15) is 0 Å². The molecular formula is C20H30IN2O2+. The quantitative estimate of drug-likeness (QED) is 0.497. The molecule has 2 N–H and O–H groups in total. The van der Waals surface area contributed by atoms with Crippen LogP contribution in [0.2, 0.25) is 0 Å². The van der Waals surface area contributed by atoms with E-state index in [4.69, 9.17) is 0 Å². The van der Waals surface area contributed by atoms with Gasteiger partial charge in [-0.15, -0.1) is 0 Å². The lowest BCUT2D eigenvalue weighted by Gasteiger charge is -2.25. The minimum Gasteiger partial charge on any atom is -1.00 e. The van der Waals surface area contributed by atoms with Crippen molar-refractivity contribution in [2.45, 2.75) is 13.1 Å². The summed E-state index contributed by atoms with van der Waals surface area (Å²) in [6, 6.07) is 11.5. The molecule has 0 aromatic heterocycles. The lowest BCUT2D eigenvalue weighted by Crippen LogP contribution is -3.00. The number of quaternary nitrogens is 2. The number of hydrogen-bond donors (Lipinski definition) is 2. The fraction of sp³-hybridized carbons (Fsp3) is 0.400. The van der Waals surface area contributed by atoms with E-state index in [0.717, 1.165) is 44.3 Å². The first kappa shape index (κ1) is 21.7. The van der Waals surface area contributed by atoms with Crippen LogP contribution in [0.1, 0.15) is 11.1 Å². The summed E-state index contributed by atoms with van der Waals surface area (Å²) in [7, 11) is 12.6. The van der Waals surface area contributed by atoms with E-state index in [-0.39, 0.29) is 24.0 Å². The molecule has 0 unspecified atom stereocenters. The van der Waals surface area contributed by atoms with Crippen molar-refractivity contribution in [1.82, 2.24) is 0 Å². The number of phenolic OH excluding ortho intramolecular Hbond substituents is 2. The van der Waals surface area contributed by atoms with E-state index in [2.05, 4.69) is 42.3 Å². The Bertz CT molecular complexity index is 668. The second kappa shape index (κ2) is 7.93. The average Bonchev–Trinajstić information content (AvgIpc) is 2.41. The van der Waals surface area contributed by atoms with Gasteiger partial charge < -0.3 is 43.2 Å². The summed E-state index contributed by atoms with van der Waals surface area (Å²) in [6.45, 7) is 1.51. The van der Waals surface area contributed by atoms with Crippen LogP contribution in [0.5, 0.6) is 11.5 Å². The zero-order valence-corrected chi connectivity index (χ0v) is 18.2. The first-order valence-corrected chi connectivity index (χ1v) is 8.20. The summed E-state index contributed by atoms with van der Waals surface area (Å²) in [5, 5.41) is 20.3. The van der Waals surface area contributed by atoms with Crippen molar-refractivity contribution < 1.29 is 43.2 Å². The molecule has 0 saturated carbocycles. The largest absolute Gasteiger partial charge is 1.00 e. The van der Waals surface area contributed by atoms with Crippen LogP contribution in [0.3, 0.4) is 0 Å². The van der Waals surface area contributed by atoms with Crippen molar-refractivity contribution in [3.8, 4) is 22.6 Å². The van der Waals surface area contributed by atoms with Crippen molar-refractivity contribution in [3.63, 3.8) is 0 Å². The molecule has 0 saturated heterocycles. The van der Waals surface area contributed by atoms with Crippen LogP contribution in [-0.2, 0) is 13.1 Å². The molecular weight excluding hydrogens is 427 g/mol. The Balaban J connectivity index is 0.00000312. The van der Waals surface area contributed by atoms with E-state index >= 15 is 0 Å². The van der Waals surface area contributed by atoms with Crippen molar-refractivity contribution in [3.05, 3.63) is 47.5 Å². The van der Waals surface area contributed by atoms with E-state index < -0.39 is 0 Å². The van der Waals surface area contributed by atoms with E-state index in [1.807, 2.05) is 24.3 Å². The zero-order chi connectivity index (χ0) is 18.1. The van der Waals surface area contributed by atoms with Crippen molar-refractivity contribution in [1.29, 1.82) is 0 Å². The van der Waals surface area contributed by atoms with Gasteiger partial charge in [0, 0.05) is 11.1 Å². The van der Waals surface area contributed by atoms with Crippen molar-refractivity contribution in [2.75, 3.05) is 42.3 Å². The molecule has 0 aliphatic carbocycles. The second-order valence-corrected chi connectivity index (χ2v) is 8.58. The Morgan fingerprint density at radius 2 is 0.960 bits per heavy atom. The molecule has 0 amide bonds. The maximum absolute atomic E-state index is 10.1. The number of halogens is 1. The van der Waals surface area contributed by atoms with Crippen LogP contribution in [0.4, 0.5) is 0 Å². The SMILES string of the molecule is C[N+](C)(C)Cc1cc(-c2ccc(O)c(C[N+](C)(C)C)c2)ccc1O.[I-]. The predicted octanol–water partition coefficient (Wildman–Crippen LogP) is 0.181. The van der Waals surface area contributed by atoms with Gasteiger partial charge in [-0.05, 0) is 35.4 Å². The third kappa shape index (κ3) is 6.49. The molecule has 0 spiro atoms. The van der Waals surface area contributed by atoms with Crippen LogP contribution in [0.15, 0.2) is 36.4 Å². The van der Waals surface area contributed by atoms with E-state index in [9.17, 15) is 10.2 Å².